The van der Waals surface area contributed by atoms with Gasteiger partial charge in [-0.05, 0) is 37.6 Å². The number of nitriles is 1. The van der Waals surface area contributed by atoms with E-state index in [1.807, 2.05) is 6.92 Å². The number of hydrogen-bond acceptors (Lipinski definition) is 4. The van der Waals surface area contributed by atoms with Crippen LogP contribution in [0.5, 0.6) is 0 Å². The first-order valence-corrected chi connectivity index (χ1v) is 8.99. The summed E-state index contributed by atoms with van der Waals surface area (Å²) in [7, 11) is -4.07. The average molecular weight is 398 g/mol. The Morgan fingerprint density at radius 1 is 1.40 bits per heavy atom. The highest BCUT2D eigenvalue weighted by Crippen LogP contribution is 2.34. The van der Waals surface area contributed by atoms with Gasteiger partial charge in [0.05, 0.1) is 22.1 Å². The predicted molar refractivity (Wildman–Crippen MR) is 88.9 cm³/mol. The minimum atomic E-state index is -4.79. The van der Waals surface area contributed by atoms with Gasteiger partial charge in [0.15, 0.2) is 0 Å². The van der Waals surface area contributed by atoms with Crippen molar-refractivity contribution in [3.05, 3.63) is 29.3 Å². The molecule has 1 aliphatic rings. The van der Waals surface area contributed by atoms with Gasteiger partial charge in [0.2, 0.25) is 10.0 Å². The maximum Gasteiger partial charge on any atom is 0.417 e. The number of alkyl halides is 3. The Kier molecular flexibility index (Phi) is 7.26. The van der Waals surface area contributed by atoms with Gasteiger partial charge < -0.3 is 5.32 Å². The first kappa shape index (κ1) is 21.7. The molecule has 1 unspecified atom stereocenters. The molecule has 0 spiro atoms. The summed E-state index contributed by atoms with van der Waals surface area (Å²) in [6.45, 7) is 3.18. The van der Waals surface area contributed by atoms with Crippen molar-refractivity contribution in [2.75, 3.05) is 19.6 Å². The Morgan fingerprint density at radius 2 is 2.08 bits per heavy atom. The first-order chi connectivity index (χ1) is 11.2. The van der Waals surface area contributed by atoms with Gasteiger partial charge in [0.25, 0.3) is 0 Å². The van der Waals surface area contributed by atoms with E-state index in [4.69, 9.17) is 5.26 Å². The molecular weight excluding hydrogens is 379 g/mol. The number of hydrogen-bond donors (Lipinski definition) is 1. The second-order valence-electron chi connectivity index (χ2n) is 5.58. The molecule has 0 aromatic heterocycles. The van der Waals surface area contributed by atoms with Crippen LogP contribution in [-0.2, 0) is 16.2 Å². The molecule has 0 saturated carbocycles. The van der Waals surface area contributed by atoms with Crippen LogP contribution in [0.3, 0.4) is 0 Å². The van der Waals surface area contributed by atoms with Gasteiger partial charge in [0.1, 0.15) is 0 Å². The van der Waals surface area contributed by atoms with E-state index < -0.39 is 32.2 Å². The fraction of sp³-hybridized carbons (Fsp3) is 0.533. The Labute approximate surface area is 151 Å². The van der Waals surface area contributed by atoms with Crippen LogP contribution in [-0.4, -0.2) is 38.4 Å². The van der Waals surface area contributed by atoms with E-state index >= 15 is 0 Å². The molecule has 10 heteroatoms. The molecule has 5 nitrogen and oxygen atoms in total. The van der Waals surface area contributed by atoms with E-state index in [9.17, 15) is 21.6 Å². The molecule has 2 rings (SSSR count). The molecule has 0 bridgehead atoms. The maximum atomic E-state index is 13.1. The molecule has 0 radical (unpaired) electrons. The lowest BCUT2D eigenvalue weighted by molar-refractivity contribution is -0.137. The molecule has 0 amide bonds. The Bertz CT molecular complexity index is 741. The third-order valence-corrected chi connectivity index (χ3v) is 5.86. The Morgan fingerprint density at radius 3 is 2.56 bits per heavy atom. The summed E-state index contributed by atoms with van der Waals surface area (Å²) in [5, 5.41) is 11.9. The molecule has 140 valence electrons. The number of rotatable bonds is 5. The molecule has 1 aromatic carbocycles. The second-order valence-corrected chi connectivity index (χ2v) is 7.47. The van der Waals surface area contributed by atoms with Gasteiger partial charge in [0, 0.05) is 19.1 Å². The van der Waals surface area contributed by atoms with Crippen molar-refractivity contribution >= 4 is 22.4 Å². The molecular formula is C15H19ClF3N3O2S. The van der Waals surface area contributed by atoms with Crippen LogP contribution in [0.4, 0.5) is 13.2 Å². The second kappa shape index (κ2) is 8.36. The highest BCUT2D eigenvalue weighted by Gasteiger charge is 2.37. The summed E-state index contributed by atoms with van der Waals surface area (Å²) in [4.78, 5) is -0.436. The molecule has 1 aliphatic heterocycles. The van der Waals surface area contributed by atoms with E-state index in [1.54, 1.807) is 0 Å². The van der Waals surface area contributed by atoms with Crippen molar-refractivity contribution < 1.29 is 21.6 Å². The summed E-state index contributed by atoms with van der Waals surface area (Å²) >= 11 is 0. The molecule has 1 heterocycles. The van der Waals surface area contributed by atoms with Gasteiger partial charge in [-0.2, -0.15) is 22.7 Å². The van der Waals surface area contributed by atoms with Crippen molar-refractivity contribution in [3.8, 4) is 6.07 Å². The van der Waals surface area contributed by atoms with E-state index in [-0.39, 0.29) is 25.0 Å². The van der Waals surface area contributed by atoms with Crippen molar-refractivity contribution in [2.45, 2.75) is 36.9 Å². The van der Waals surface area contributed by atoms with Crippen LogP contribution >= 0.6 is 12.4 Å². The summed E-state index contributed by atoms with van der Waals surface area (Å²) in [5.74, 6) is 0. The van der Waals surface area contributed by atoms with Gasteiger partial charge in [-0.1, -0.05) is 6.92 Å². The third kappa shape index (κ3) is 4.64. The van der Waals surface area contributed by atoms with Crippen LogP contribution in [0.2, 0.25) is 0 Å². The first-order valence-electron chi connectivity index (χ1n) is 7.55. The number of nitrogens with one attached hydrogen (secondary N) is 1. The maximum absolute atomic E-state index is 13.1. The standard InChI is InChI=1S/C15H18F3N3O2S.ClH/c1-2-7-21(12-5-6-20-10-12)24(22,23)13-4-3-11(9-19)14(8-13)15(16,17)18;/h3-4,8,12,20H,2,5-7,10H2,1H3;1H. The van der Waals surface area contributed by atoms with Crippen LogP contribution in [0.1, 0.15) is 30.9 Å². The lowest BCUT2D eigenvalue weighted by Crippen LogP contribution is -2.42. The lowest BCUT2D eigenvalue weighted by atomic mass is 10.1. The largest absolute Gasteiger partial charge is 0.417 e. The smallest absolute Gasteiger partial charge is 0.315 e. The highest BCUT2D eigenvalue weighted by molar-refractivity contribution is 7.89. The summed E-state index contributed by atoms with van der Waals surface area (Å²) in [6, 6.07) is 3.70. The number of sulfonamides is 1. The van der Waals surface area contributed by atoms with E-state index in [0.717, 1.165) is 12.1 Å². The topological polar surface area (TPSA) is 73.2 Å². The quantitative estimate of drug-likeness (QED) is 0.829. The zero-order chi connectivity index (χ0) is 18.0. The summed E-state index contributed by atoms with van der Waals surface area (Å²) < 4.78 is 66.2. The molecule has 25 heavy (non-hydrogen) atoms. The Hall–Kier alpha value is -1.34. The van der Waals surface area contributed by atoms with Crippen LogP contribution in [0.25, 0.3) is 0 Å². The number of benzene rings is 1. The van der Waals surface area contributed by atoms with Crippen molar-refractivity contribution in [1.82, 2.24) is 9.62 Å². The summed E-state index contributed by atoms with van der Waals surface area (Å²) in [5.41, 5.74) is -1.82. The van der Waals surface area contributed by atoms with Crippen molar-refractivity contribution in [1.29, 1.82) is 5.26 Å². The van der Waals surface area contributed by atoms with E-state index in [1.165, 1.54) is 10.4 Å². The normalized spacial score (nSPS) is 18.0. The van der Waals surface area contributed by atoms with Crippen LogP contribution in [0, 0.1) is 11.3 Å². The van der Waals surface area contributed by atoms with E-state index in [2.05, 4.69) is 5.32 Å². The molecule has 1 atom stereocenters. The van der Waals surface area contributed by atoms with Gasteiger partial charge in [-0.25, -0.2) is 8.42 Å². The predicted octanol–water partition coefficient (Wildman–Crippen LogP) is 2.76. The molecule has 0 aliphatic carbocycles. The fourth-order valence-electron chi connectivity index (χ4n) is 2.76. The highest BCUT2D eigenvalue weighted by atomic mass is 35.5. The van der Waals surface area contributed by atoms with Crippen molar-refractivity contribution in [2.24, 2.45) is 0 Å². The summed E-state index contributed by atoms with van der Waals surface area (Å²) in [6.07, 6.45) is -3.62. The SMILES string of the molecule is CCCN(C1CCNC1)S(=O)(=O)c1ccc(C#N)c(C(F)(F)F)c1.Cl. The zero-order valence-corrected chi connectivity index (χ0v) is 15.1. The average Bonchev–Trinajstić information content (AvgIpc) is 3.04. The molecule has 1 fully saturated rings. The number of halogens is 4. The van der Waals surface area contributed by atoms with Gasteiger partial charge >= 0.3 is 6.18 Å². The molecule has 1 N–H and O–H groups in total. The molecule has 1 saturated heterocycles. The lowest BCUT2D eigenvalue weighted by Gasteiger charge is -2.27. The minimum absolute atomic E-state index is 0. The third-order valence-electron chi connectivity index (χ3n) is 3.91. The van der Waals surface area contributed by atoms with Crippen LogP contribution < -0.4 is 5.32 Å². The van der Waals surface area contributed by atoms with Crippen molar-refractivity contribution in [3.63, 3.8) is 0 Å². The van der Waals surface area contributed by atoms with Crippen LogP contribution in [0.15, 0.2) is 23.1 Å². The van der Waals surface area contributed by atoms with E-state index in [0.29, 0.717) is 32.0 Å². The fourth-order valence-corrected chi connectivity index (χ4v) is 4.53. The monoisotopic (exact) mass is 397 g/mol. The van der Waals surface area contributed by atoms with Gasteiger partial charge in [-0.3, -0.25) is 0 Å². The Balaban J connectivity index is 0.00000312. The molecule has 1 aromatic rings. The number of nitrogens with zero attached hydrogens (tertiary/aromatic N) is 2. The minimum Gasteiger partial charge on any atom is -0.315 e. The zero-order valence-electron chi connectivity index (χ0n) is 13.5. The van der Waals surface area contributed by atoms with Gasteiger partial charge in [-0.15, -0.1) is 12.4 Å².